The summed E-state index contributed by atoms with van der Waals surface area (Å²) in [7, 11) is 2.22. The number of piperidine rings is 2. The topological polar surface area (TPSA) is 35.6 Å². The number of rotatable bonds is 4. The van der Waals surface area contributed by atoms with Crippen molar-refractivity contribution in [2.75, 3.05) is 33.2 Å². The van der Waals surface area contributed by atoms with Gasteiger partial charge in [0.2, 0.25) is 5.91 Å². The fourth-order valence-corrected chi connectivity index (χ4v) is 4.72. The Hall–Kier alpha value is -1.65. The molecule has 26 heavy (non-hydrogen) atoms. The van der Waals surface area contributed by atoms with Gasteiger partial charge in [-0.05, 0) is 63.9 Å². The smallest absolute Gasteiger partial charge is 0.231 e. The third-order valence-electron chi connectivity index (χ3n) is 6.49. The molecule has 2 heterocycles. The fraction of sp³-hybridized carbons (Fsp3) is 0.591. The maximum Gasteiger partial charge on any atom is 0.231 e. The van der Waals surface area contributed by atoms with Crippen LogP contribution in [0.15, 0.2) is 35.9 Å². The van der Waals surface area contributed by atoms with Crippen molar-refractivity contribution in [2.45, 2.75) is 44.7 Å². The largest absolute Gasteiger partial charge is 0.352 e. The standard InChI is InChI=1S/C22H31N3O/c1-16-20(17-6-4-3-5-7-17)21(16)22(26)23-18-8-14-25(15-9-18)19-10-12-24(2)13-11-19/h3-7,18-19,21H,8-15H2,1-2H3,(H,23,26)/t21-/m0/s1. The minimum atomic E-state index is 0.00399. The van der Waals surface area contributed by atoms with E-state index in [1.54, 1.807) is 0 Å². The van der Waals surface area contributed by atoms with Gasteiger partial charge < -0.3 is 15.1 Å². The van der Waals surface area contributed by atoms with E-state index in [-0.39, 0.29) is 11.8 Å². The molecule has 4 heteroatoms. The number of carbonyl (C=O) groups excluding carboxylic acids is 1. The molecule has 140 valence electrons. The summed E-state index contributed by atoms with van der Waals surface area (Å²) in [5.41, 5.74) is 3.66. The average molecular weight is 354 g/mol. The highest BCUT2D eigenvalue weighted by Gasteiger charge is 2.40. The van der Waals surface area contributed by atoms with Crippen molar-refractivity contribution in [1.29, 1.82) is 0 Å². The molecule has 1 amide bonds. The number of benzene rings is 1. The predicted octanol–water partition coefficient (Wildman–Crippen LogP) is 2.76. The number of hydrogen-bond donors (Lipinski definition) is 1. The maximum absolute atomic E-state index is 12.7. The highest BCUT2D eigenvalue weighted by molar-refractivity contribution is 6.05. The van der Waals surface area contributed by atoms with Gasteiger partial charge in [-0.1, -0.05) is 35.9 Å². The van der Waals surface area contributed by atoms with E-state index in [2.05, 4.69) is 41.2 Å². The van der Waals surface area contributed by atoms with E-state index in [0.29, 0.717) is 6.04 Å². The van der Waals surface area contributed by atoms with Crippen molar-refractivity contribution in [3.63, 3.8) is 0 Å². The molecule has 0 radical (unpaired) electrons. The summed E-state index contributed by atoms with van der Waals surface area (Å²) >= 11 is 0. The Balaban J connectivity index is 1.24. The molecule has 4 nitrogen and oxygen atoms in total. The molecule has 3 aliphatic rings. The molecule has 0 aromatic heterocycles. The Kier molecular flexibility index (Phi) is 5.14. The van der Waals surface area contributed by atoms with Crippen molar-refractivity contribution in [2.24, 2.45) is 5.92 Å². The highest BCUT2D eigenvalue weighted by Crippen LogP contribution is 2.46. The Labute approximate surface area is 157 Å². The van der Waals surface area contributed by atoms with Crippen molar-refractivity contribution in [3.8, 4) is 0 Å². The third-order valence-corrected chi connectivity index (χ3v) is 6.49. The Bertz CT molecular complexity index is 668. The van der Waals surface area contributed by atoms with Crippen LogP contribution >= 0.6 is 0 Å². The lowest BCUT2D eigenvalue weighted by molar-refractivity contribution is -0.122. The Morgan fingerprint density at radius 1 is 1.00 bits per heavy atom. The zero-order valence-electron chi connectivity index (χ0n) is 16.1. The summed E-state index contributed by atoms with van der Waals surface area (Å²) in [6.07, 6.45) is 4.76. The maximum atomic E-state index is 12.7. The van der Waals surface area contributed by atoms with E-state index >= 15 is 0 Å². The van der Waals surface area contributed by atoms with E-state index in [4.69, 9.17) is 0 Å². The quantitative estimate of drug-likeness (QED) is 0.904. The molecule has 4 rings (SSSR count). The summed E-state index contributed by atoms with van der Waals surface area (Å²) in [6.45, 7) is 6.78. The van der Waals surface area contributed by atoms with Crippen LogP contribution in [0.1, 0.15) is 38.2 Å². The summed E-state index contributed by atoms with van der Waals surface area (Å²) in [5, 5.41) is 3.33. The number of hydrogen-bond acceptors (Lipinski definition) is 3. The normalized spacial score (nSPS) is 26.2. The van der Waals surface area contributed by atoms with Crippen molar-refractivity contribution >= 4 is 11.5 Å². The molecule has 1 aromatic carbocycles. The van der Waals surface area contributed by atoms with Crippen LogP contribution in [-0.2, 0) is 4.79 Å². The first kappa shape index (κ1) is 17.7. The van der Waals surface area contributed by atoms with Gasteiger partial charge in [0.1, 0.15) is 0 Å². The number of carbonyl (C=O) groups is 1. The van der Waals surface area contributed by atoms with Gasteiger partial charge in [0, 0.05) is 25.2 Å². The van der Waals surface area contributed by atoms with Crippen molar-refractivity contribution in [3.05, 3.63) is 41.5 Å². The molecule has 2 aliphatic heterocycles. The van der Waals surface area contributed by atoms with Gasteiger partial charge in [-0.3, -0.25) is 4.79 Å². The molecule has 2 saturated heterocycles. The SMILES string of the molecule is CC1=C(c2ccccc2)[C@H]1C(=O)NC1CCN(C2CCN(C)CC2)CC1. The molecular weight excluding hydrogens is 322 g/mol. The van der Waals surface area contributed by atoms with Crippen LogP contribution in [0.3, 0.4) is 0 Å². The summed E-state index contributed by atoms with van der Waals surface area (Å²) in [4.78, 5) is 17.8. The van der Waals surface area contributed by atoms with Gasteiger partial charge in [-0.2, -0.15) is 0 Å². The van der Waals surface area contributed by atoms with Gasteiger partial charge >= 0.3 is 0 Å². The van der Waals surface area contributed by atoms with Crippen LogP contribution in [0.25, 0.3) is 5.57 Å². The third kappa shape index (κ3) is 3.72. The summed E-state index contributed by atoms with van der Waals surface area (Å²) in [5.74, 6) is 0.211. The predicted molar refractivity (Wildman–Crippen MR) is 106 cm³/mol. The number of nitrogens with one attached hydrogen (secondary N) is 1. The molecule has 1 atom stereocenters. The van der Waals surface area contributed by atoms with Gasteiger partial charge in [-0.25, -0.2) is 0 Å². The molecule has 0 bridgehead atoms. The van der Waals surface area contributed by atoms with Crippen LogP contribution in [0.5, 0.6) is 0 Å². The molecule has 1 N–H and O–H groups in total. The summed E-state index contributed by atoms with van der Waals surface area (Å²) in [6, 6.07) is 11.4. The lowest BCUT2D eigenvalue weighted by atomic mass is 9.97. The van der Waals surface area contributed by atoms with Gasteiger partial charge in [0.15, 0.2) is 0 Å². The molecule has 1 aliphatic carbocycles. The molecule has 0 unspecified atom stereocenters. The van der Waals surface area contributed by atoms with Crippen LogP contribution in [0.2, 0.25) is 0 Å². The minimum Gasteiger partial charge on any atom is -0.352 e. The zero-order chi connectivity index (χ0) is 18.1. The van der Waals surface area contributed by atoms with Crippen molar-refractivity contribution in [1.82, 2.24) is 15.1 Å². The fourth-order valence-electron chi connectivity index (χ4n) is 4.72. The Morgan fingerprint density at radius 3 is 2.31 bits per heavy atom. The zero-order valence-corrected chi connectivity index (χ0v) is 16.1. The van der Waals surface area contributed by atoms with E-state index < -0.39 is 0 Å². The number of nitrogens with zero attached hydrogens (tertiary/aromatic N) is 2. The summed E-state index contributed by atoms with van der Waals surface area (Å²) < 4.78 is 0. The number of amides is 1. The molecule has 0 saturated carbocycles. The Morgan fingerprint density at radius 2 is 1.65 bits per heavy atom. The lowest BCUT2D eigenvalue weighted by Gasteiger charge is -2.41. The lowest BCUT2D eigenvalue weighted by Crippen LogP contribution is -2.51. The van der Waals surface area contributed by atoms with E-state index in [0.717, 1.165) is 32.0 Å². The molecule has 2 fully saturated rings. The first-order chi connectivity index (χ1) is 12.6. The van der Waals surface area contributed by atoms with Gasteiger partial charge in [-0.15, -0.1) is 0 Å². The number of likely N-dealkylation sites (tertiary alicyclic amines) is 2. The molecule has 1 aromatic rings. The molecule has 0 spiro atoms. The average Bonchev–Trinajstić information content (AvgIpc) is 3.35. The van der Waals surface area contributed by atoms with Gasteiger partial charge in [0.05, 0.1) is 5.92 Å². The van der Waals surface area contributed by atoms with Crippen LogP contribution in [0.4, 0.5) is 0 Å². The second kappa shape index (κ2) is 7.53. The second-order valence-electron chi connectivity index (χ2n) is 8.25. The first-order valence-electron chi connectivity index (χ1n) is 10.1. The monoisotopic (exact) mass is 353 g/mol. The molecular formula is C22H31N3O. The highest BCUT2D eigenvalue weighted by atomic mass is 16.2. The van der Waals surface area contributed by atoms with Crippen LogP contribution in [-0.4, -0.2) is 61.0 Å². The van der Waals surface area contributed by atoms with Crippen LogP contribution in [0, 0.1) is 5.92 Å². The van der Waals surface area contributed by atoms with E-state index in [1.165, 1.54) is 42.6 Å². The van der Waals surface area contributed by atoms with Gasteiger partial charge in [0.25, 0.3) is 0 Å². The second-order valence-corrected chi connectivity index (χ2v) is 8.25. The van der Waals surface area contributed by atoms with E-state index in [9.17, 15) is 4.79 Å². The first-order valence-corrected chi connectivity index (χ1v) is 10.1. The van der Waals surface area contributed by atoms with Crippen molar-refractivity contribution < 1.29 is 4.79 Å². The van der Waals surface area contributed by atoms with E-state index in [1.807, 2.05) is 18.2 Å². The minimum absolute atomic E-state index is 0.00399. The van der Waals surface area contributed by atoms with Crippen LogP contribution < -0.4 is 5.32 Å².